The number of nitrogens with zero attached hydrogens (tertiary/aromatic N) is 5. The molecule has 0 radical (unpaired) electrons. The van der Waals surface area contributed by atoms with Crippen molar-refractivity contribution in [2.24, 2.45) is 0 Å². The molecule has 0 spiro atoms. The van der Waals surface area contributed by atoms with E-state index >= 15 is 0 Å². The Morgan fingerprint density at radius 1 is 1.24 bits per heavy atom. The monoisotopic (exact) mass is 280 g/mol. The Morgan fingerprint density at radius 3 is 3.05 bits per heavy atom. The van der Waals surface area contributed by atoms with Crippen molar-refractivity contribution in [3.05, 3.63) is 41.7 Å². The first kappa shape index (κ1) is 12.1. The summed E-state index contributed by atoms with van der Waals surface area (Å²) >= 11 is 0. The first-order valence-corrected chi connectivity index (χ1v) is 7.06. The maximum absolute atomic E-state index is 5.84. The zero-order valence-corrected chi connectivity index (χ0v) is 11.8. The molecule has 0 bridgehead atoms. The van der Waals surface area contributed by atoms with E-state index in [9.17, 15) is 0 Å². The second-order valence-corrected chi connectivity index (χ2v) is 5.39. The van der Waals surface area contributed by atoms with Crippen molar-refractivity contribution in [2.75, 3.05) is 17.2 Å². The van der Waals surface area contributed by atoms with Gasteiger partial charge in [0.05, 0.1) is 0 Å². The van der Waals surface area contributed by atoms with E-state index in [1.807, 2.05) is 0 Å². The molecule has 21 heavy (non-hydrogen) atoms. The van der Waals surface area contributed by atoms with Crippen molar-refractivity contribution in [3.63, 3.8) is 0 Å². The molecule has 1 aliphatic heterocycles. The van der Waals surface area contributed by atoms with Crippen LogP contribution in [0, 0.1) is 6.92 Å². The molecule has 2 aromatic heterocycles. The molecule has 0 saturated carbocycles. The lowest BCUT2D eigenvalue weighted by Crippen LogP contribution is -2.26. The standard InChI is InChI=1S/C15H16N6/c1-10-4-5-11-3-2-7-20(12(11)9-10)13-14-18-19-15(16)21(14)8-6-17-13/h4-6,8-9H,2-3,7H2,1H3,(H2,16,19). The molecule has 0 fully saturated rings. The van der Waals surface area contributed by atoms with Gasteiger partial charge in [-0.15, -0.1) is 10.2 Å². The number of aromatic nitrogens is 4. The van der Waals surface area contributed by atoms with Crippen LogP contribution < -0.4 is 10.6 Å². The van der Waals surface area contributed by atoms with Crippen molar-refractivity contribution in [3.8, 4) is 0 Å². The van der Waals surface area contributed by atoms with Gasteiger partial charge in [-0.1, -0.05) is 12.1 Å². The third kappa shape index (κ3) is 1.83. The summed E-state index contributed by atoms with van der Waals surface area (Å²) in [6.07, 6.45) is 5.73. The molecule has 106 valence electrons. The Labute approximate surface area is 122 Å². The summed E-state index contributed by atoms with van der Waals surface area (Å²) in [5, 5.41) is 8.12. The summed E-state index contributed by atoms with van der Waals surface area (Å²) < 4.78 is 1.77. The first-order chi connectivity index (χ1) is 10.2. The average Bonchev–Trinajstić information content (AvgIpc) is 2.88. The summed E-state index contributed by atoms with van der Waals surface area (Å²) in [7, 11) is 0. The van der Waals surface area contributed by atoms with Crippen LogP contribution in [0.25, 0.3) is 5.65 Å². The highest BCUT2D eigenvalue weighted by molar-refractivity contribution is 5.75. The van der Waals surface area contributed by atoms with Crippen molar-refractivity contribution in [1.82, 2.24) is 19.6 Å². The van der Waals surface area contributed by atoms with Crippen LogP contribution in [0.4, 0.5) is 17.5 Å². The molecule has 0 saturated heterocycles. The Hall–Kier alpha value is -2.63. The summed E-state index contributed by atoms with van der Waals surface area (Å²) in [5.74, 6) is 1.20. The van der Waals surface area contributed by atoms with E-state index in [2.05, 4.69) is 45.2 Å². The number of aryl methyl sites for hydroxylation is 2. The van der Waals surface area contributed by atoms with Gasteiger partial charge in [-0.25, -0.2) is 4.98 Å². The minimum atomic E-state index is 0.384. The highest BCUT2D eigenvalue weighted by Crippen LogP contribution is 2.34. The van der Waals surface area contributed by atoms with Gasteiger partial charge >= 0.3 is 0 Å². The van der Waals surface area contributed by atoms with Crippen molar-refractivity contribution < 1.29 is 0 Å². The van der Waals surface area contributed by atoms with Crippen LogP contribution in [0.2, 0.25) is 0 Å². The molecule has 1 aliphatic rings. The van der Waals surface area contributed by atoms with E-state index in [1.165, 1.54) is 16.8 Å². The molecule has 2 N–H and O–H groups in total. The molecule has 0 aliphatic carbocycles. The number of hydrogen-bond acceptors (Lipinski definition) is 5. The van der Waals surface area contributed by atoms with E-state index in [1.54, 1.807) is 16.8 Å². The smallest absolute Gasteiger partial charge is 0.226 e. The van der Waals surface area contributed by atoms with Crippen LogP contribution in [0.3, 0.4) is 0 Å². The lowest BCUT2D eigenvalue weighted by molar-refractivity contribution is 0.758. The number of benzene rings is 1. The van der Waals surface area contributed by atoms with E-state index in [0.717, 1.165) is 25.2 Å². The topological polar surface area (TPSA) is 72.3 Å². The van der Waals surface area contributed by atoms with E-state index in [0.29, 0.717) is 11.6 Å². The highest BCUT2D eigenvalue weighted by atomic mass is 15.3. The molecule has 3 aromatic rings. The fourth-order valence-corrected chi connectivity index (χ4v) is 2.93. The summed E-state index contributed by atoms with van der Waals surface area (Å²) in [6, 6.07) is 6.57. The summed E-state index contributed by atoms with van der Waals surface area (Å²) in [6.45, 7) is 3.03. The van der Waals surface area contributed by atoms with Crippen LogP contribution in [-0.2, 0) is 6.42 Å². The average molecular weight is 280 g/mol. The summed E-state index contributed by atoms with van der Waals surface area (Å²) in [5.41, 5.74) is 10.3. The van der Waals surface area contributed by atoms with Crippen molar-refractivity contribution in [1.29, 1.82) is 0 Å². The molecule has 0 unspecified atom stereocenters. The minimum Gasteiger partial charge on any atom is -0.368 e. The largest absolute Gasteiger partial charge is 0.368 e. The maximum Gasteiger partial charge on any atom is 0.226 e. The van der Waals surface area contributed by atoms with E-state index in [4.69, 9.17) is 5.73 Å². The quantitative estimate of drug-likeness (QED) is 0.739. The van der Waals surface area contributed by atoms with Gasteiger partial charge in [-0.05, 0) is 37.0 Å². The Bertz CT molecular complexity index is 822. The molecular formula is C15H16N6. The van der Waals surface area contributed by atoms with Crippen molar-refractivity contribution >= 4 is 23.1 Å². The van der Waals surface area contributed by atoms with Gasteiger partial charge in [-0.2, -0.15) is 0 Å². The zero-order chi connectivity index (χ0) is 14.4. The highest BCUT2D eigenvalue weighted by Gasteiger charge is 2.22. The maximum atomic E-state index is 5.84. The second kappa shape index (κ2) is 4.44. The van der Waals surface area contributed by atoms with Gasteiger partial charge in [0.1, 0.15) is 0 Å². The molecular weight excluding hydrogens is 264 g/mol. The number of nitrogens with two attached hydrogens (primary N) is 1. The normalized spacial score (nSPS) is 14.4. The van der Waals surface area contributed by atoms with E-state index < -0.39 is 0 Å². The van der Waals surface area contributed by atoms with Crippen LogP contribution in [0.5, 0.6) is 0 Å². The first-order valence-electron chi connectivity index (χ1n) is 7.06. The molecule has 1 aromatic carbocycles. The number of nitrogen functional groups attached to an aromatic ring is 1. The zero-order valence-electron chi connectivity index (χ0n) is 11.8. The van der Waals surface area contributed by atoms with Crippen LogP contribution in [0.1, 0.15) is 17.5 Å². The lowest BCUT2D eigenvalue weighted by atomic mass is 10.00. The van der Waals surface area contributed by atoms with Crippen LogP contribution >= 0.6 is 0 Å². The predicted molar refractivity (Wildman–Crippen MR) is 81.7 cm³/mol. The Morgan fingerprint density at radius 2 is 2.14 bits per heavy atom. The lowest BCUT2D eigenvalue weighted by Gasteiger charge is -2.30. The molecule has 3 heterocycles. The Balaban J connectivity index is 1.93. The molecule has 0 amide bonds. The molecule has 0 atom stereocenters. The SMILES string of the molecule is Cc1ccc2c(c1)N(c1nccn3c(N)nnc13)CCC2. The van der Waals surface area contributed by atoms with E-state index in [-0.39, 0.29) is 0 Å². The van der Waals surface area contributed by atoms with Gasteiger partial charge in [0, 0.05) is 24.6 Å². The Kier molecular flexibility index (Phi) is 2.57. The van der Waals surface area contributed by atoms with Crippen molar-refractivity contribution in [2.45, 2.75) is 19.8 Å². The molecule has 6 nitrogen and oxygen atoms in total. The predicted octanol–water partition coefficient (Wildman–Crippen LogP) is 2.10. The number of rotatable bonds is 1. The third-order valence-electron chi connectivity index (χ3n) is 3.95. The van der Waals surface area contributed by atoms with Gasteiger partial charge in [0.25, 0.3) is 0 Å². The van der Waals surface area contributed by atoms with Gasteiger partial charge in [0.2, 0.25) is 11.6 Å². The van der Waals surface area contributed by atoms with Crippen LogP contribution in [0.15, 0.2) is 30.6 Å². The van der Waals surface area contributed by atoms with Gasteiger partial charge < -0.3 is 10.6 Å². The second-order valence-electron chi connectivity index (χ2n) is 5.39. The van der Waals surface area contributed by atoms with Gasteiger partial charge in [0.15, 0.2) is 5.82 Å². The fraction of sp³-hybridized carbons (Fsp3) is 0.267. The molecule has 4 rings (SSSR count). The number of fused-ring (bicyclic) bond motifs is 2. The summed E-state index contributed by atoms with van der Waals surface area (Å²) in [4.78, 5) is 6.74. The minimum absolute atomic E-state index is 0.384. The number of anilines is 3. The van der Waals surface area contributed by atoms with Crippen LogP contribution in [-0.4, -0.2) is 26.1 Å². The van der Waals surface area contributed by atoms with Gasteiger partial charge in [-0.3, -0.25) is 4.40 Å². The number of hydrogen-bond donors (Lipinski definition) is 1. The fourth-order valence-electron chi connectivity index (χ4n) is 2.93. The third-order valence-corrected chi connectivity index (χ3v) is 3.95. The molecule has 6 heteroatoms.